The zero-order chi connectivity index (χ0) is 15.8. The third-order valence-corrected chi connectivity index (χ3v) is 3.53. The molecule has 2 rings (SSSR count). The van der Waals surface area contributed by atoms with Crippen LogP contribution in [0.4, 0.5) is 4.79 Å². The van der Waals surface area contributed by atoms with E-state index in [0.29, 0.717) is 13.0 Å². The average molecular weight is 298 g/mol. The van der Waals surface area contributed by atoms with Crippen LogP contribution in [0.25, 0.3) is 0 Å². The molecule has 0 aromatic heterocycles. The Kier molecular flexibility index (Phi) is 5.98. The highest BCUT2D eigenvalue weighted by Gasteiger charge is 2.10. The van der Waals surface area contributed by atoms with Gasteiger partial charge >= 0.3 is 6.03 Å². The standard InChI is InChI=1S/C18H22N2O2/c1-14(15-8-4-2-5-9-15)20-18(22)19-13-12-17(21)16-10-6-3-7-11-16/h2-11,14,17,21H,12-13H2,1H3,(H2,19,20,22). The van der Waals surface area contributed by atoms with Crippen molar-refractivity contribution in [3.05, 3.63) is 71.8 Å². The van der Waals surface area contributed by atoms with Gasteiger partial charge in [0.15, 0.2) is 0 Å². The molecule has 2 aromatic carbocycles. The van der Waals surface area contributed by atoms with Gasteiger partial charge in [-0.2, -0.15) is 0 Å². The summed E-state index contributed by atoms with van der Waals surface area (Å²) in [6.07, 6.45) is -0.0787. The molecule has 3 N–H and O–H groups in total. The number of amides is 2. The van der Waals surface area contributed by atoms with Crippen LogP contribution in [0, 0.1) is 0 Å². The van der Waals surface area contributed by atoms with Crippen LogP contribution < -0.4 is 10.6 Å². The van der Waals surface area contributed by atoms with E-state index in [1.807, 2.05) is 67.6 Å². The highest BCUT2D eigenvalue weighted by molar-refractivity contribution is 5.74. The van der Waals surface area contributed by atoms with Gasteiger partial charge in [-0.15, -0.1) is 0 Å². The molecule has 22 heavy (non-hydrogen) atoms. The lowest BCUT2D eigenvalue weighted by atomic mass is 10.1. The van der Waals surface area contributed by atoms with Crippen molar-refractivity contribution in [2.45, 2.75) is 25.5 Å². The molecule has 2 unspecified atom stereocenters. The summed E-state index contributed by atoms with van der Waals surface area (Å²) in [7, 11) is 0. The maximum Gasteiger partial charge on any atom is 0.315 e. The number of hydrogen-bond donors (Lipinski definition) is 3. The number of carbonyl (C=O) groups excluding carboxylic acids is 1. The Hall–Kier alpha value is -2.33. The smallest absolute Gasteiger partial charge is 0.315 e. The summed E-state index contributed by atoms with van der Waals surface area (Å²) in [6.45, 7) is 2.36. The molecule has 0 spiro atoms. The van der Waals surface area contributed by atoms with Gasteiger partial charge in [0, 0.05) is 6.54 Å². The average Bonchev–Trinajstić information content (AvgIpc) is 2.56. The Balaban J connectivity index is 1.72. The van der Waals surface area contributed by atoms with Crippen molar-refractivity contribution in [3.8, 4) is 0 Å². The number of rotatable bonds is 6. The van der Waals surface area contributed by atoms with Gasteiger partial charge in [0.2, 0.25) is 0 Å². The maximum atomic E-state index is 11.8. The quantitative estimate of drug-likeness (QED) is 0.767. The number of urea groups is 1. The zero-order valence-electron chi connectivity index (χ0n) is 12.7. The fourth-order valence-electron chi connectivity index (χ4n) is 2.24. The van der Waals surface area contributed by atoms with Gasteiger partial charge in [-0.25, -0.2) is 4.79 Å². The number of benzene rings is 2. The van der Waals surface area contributed by atoms with Crippen LogP contribution in [0.3, 0.4) is 0 Å². The van der Waals surface area contributed by atoms with E-state index in [2.05, 4.69) is 10.6 Å². The maximum absolute atomic E-state index is 11.8. The highest BCUT2D eigenvalue weighted by Crippen LogP contribution is 2.15. The first-order valence-electron chi connectivity index (χ1n) is 7.49. The van der Waals surface area contributed by atoms with Crippen LogP contribution in [-0.4, -0.2) is 17.7 Å². The van der Waals surface area contributed by atoms with Crippen molar-refractivity contribution in [3.63, 3.8) is 0 Å². The molecular weight excluding hydrogens is 276 g/mol. The fraction of sp³-hybridized carbons (Fsp3) is 0.278. The Morgan fingerprint density at radius 2 is 1.55 bits per heavy atom. The molecule has 116 valence electrons. The fourth-order valence-corrected chi connectivity index (χ4v) is 2.24. The highest BCUT2D eigenvalue weighted by atomic mass is 16.3. The van der Waals surface area contributed by atoms with Crippen LogP contribution in [0.2, 0.25) is 0 Å². The lowest BCUT2D eigenvalue weighted by Gasteiger charge is -2.16. The predicted molar refractivity (Wildman–Crippen MR) is 87.4 cm³/mol. The molecule has 0 fully saturated rings. The summed E-state index contributed by atoms with van der Waals surface area (Å²) < 4.78 is 0. The SMILES string of the molecule is CC(NC(=O)NCCC(O)c1ccccc1)c1ccccc1. The van der Waals surface area contributed by atoms with Gasteiger partial charge in [-0.1, -0.05) is 60.7 Å². The number of hydrogen-bond acceptors (Lipinski definition) is 2. The molecule has 2 amide bonds. The Morgan fingerprint density at radius 1 is 1.00 bits per heavy atom. The number of aliphatic hydroxyl groups excluding tert-OH is 1. The van der Waals surface area contributed by atoms with E-state index in [1.165, 1.54) is 0 Å². The third-order valence-electron chi connectivity index (χ3n) is 3.53. The summed E-state index contributed by atoms with van der Waals surface area (Å²) >= 11 is 0. The topological polar surface area (TPSA) is 61.4 Å². The van der Waals surface area contributed by atoms with E-state index in [-0.39, 0.29) is 12.1 Å². The summed E-state index contributed by atoms with van der Waals surface area (Å²) in [5.74, 6) is 0. The van der Waals surface area contributed by atoms with Crippen molar-refractivity contribution in [1.29, 1.82) is 0 Å². The van der Waals surface area contributed by atoms with Crippen LogP contribution in [-0.2, 0) is 0 Å². The molecular formula is C18H22N2O2. The van der Waals surface area contributed by atoms with E-state index in [4.69, 9.17) is 0 Å². The molecule has 2 aromatic rings. The second-order valence-corrected chi connectivity index (χ2v) is 5.25. The lowest BCUT2D eigenvalue weighted by Crippen LogP contribution is -2.37. The number of nitrogens with one attached hydrogen (secondary N) is 2. The van der Waals surface area contributed by atoms with Crippen molar-refractivity contribution in [1.82, 2.24) is 10.6 Å². The Labute approximate surface area is 131 Å². The number of carbonyl (C=O) groups is 1. The van der Waals surface area contributed by atoms with Crippen LogP contribution in [0.1, 0.15) is 36.6 Å². The minimum atomic E-state index is -0.562. The number of aliphatic hydroxyl groups is 1. The Morgan fingerprint density at radius 3 is 2.14 bits per heavy atom. The van der Waals surface area contributed by atoms with Gasteiger partial charge in [0.05, 0.1) is 12.1 Å². The summed E-state index contributed by atoms with van der Waals surface area (Å²) in [6, 6.07) is 19.0. The molecule has 0 saturated heterocycles. The Bertz CT molecular complexity index is 572. The second kappa shape index (κ2) is 8.20. The van der Waals surface area contributed by atoms with Gasteiger partial charge in [-0.05, 0) is 24.5 Å². The lowest BCUT2D eigenvalue weighted by molar-refractivity contribution is 0.166. The molecule has 0 aliphatic rings. The van der Waals surface area contributed by atoms with E-state index in [9.17, 15) is 9.90 Å². The molecule has 2 atom stereocenters. The van der Waals surface area contributed by atoms with E-state index < -0.39 is 6.10 Å². The monoisotopic (exact) mass is 298 g/mol. The van der Waals surface area contributed by atoms with Crippen LogP contribution in [0.5, 0.6) is 0 Å². The first kappa shape index (κ1) is 16.0. The zero-order valence-corrected chi connectivity index (χ0v) is 12.7. The summed E-state index contributed by atoms with van der Waals surface area (Å²) in [5.41, 5.74) is 1.92. The van der Waals surface area contributed by atoms with Crippen molar-refractivity contribution in [2.24, 2.45) is 0 Å². The van der Waals surface area contributed by atoms with E-state index >= 15 is 0 Å². The largest absolute Gasteiger partial charge is 0.388 e. The normalized spacial score (nSPS) is 13.2. The third kappa shape index (κ3) is 4.90. The first-order chi connectivity index (χ1) is 10.7. The van der Waals surface area contributed by atoms with Gasteiger partial charge in [0.1, 0.15) is 0 Å². The molecule has 0 bridgehead atoms. The van der Waals surface area contributed by atoms with Crippen LogP contribution in [0.15, 0.2) is 60.7 Å². The minimum Gasteiger partial charge on any atom is -0.388 e. The van der Waals surface area contributed by atoms with Gasteiger partial charge < -0.3 is 15.7 Å². The van der Waals surface area contributed by atoms with Gasteiger partial charge in [0.25, 0.3) is 0 Å². The van der Waals surface area contributed by atoms with Crippen molar-refractivity contribution >= 4 is 6.03 Å². The van der Waals surface area contributed by atoms with Gasteiger partial charge in [-0.3, -0.25) is 0 Å². The van der Waals surface area contributed by atoms with Crippen molar-refractivity contribution in [2.75, 3.05) is 6.54 Å². The van der Waals surface area contributed by atoms with Crippen LogP contribution >= 0.6 is 0 Å². The predicted octanol–water partition coefficient (Wildman–Crippen LogP) is 3.17. The van der Waals surface area contributed by atoms with Crippen molar-refractivity contribution < 1.29 is 9.90 Å². The molecule has 0 aliphatic heterocycles. The van der Waals surface area contributed by atoms with E-state index in [1.54, 1.807) is 0 Å². The summed E-state index contributed by atoms with van der Waals surface area (Å²) in [5, 5.41) is 15.7. The molecule has 0 heterocycles. The second-order valence-electron chi connectivity index (χ2n) is 5.25. The minimum absolute atomic E-state index is 0.0553. The molecule has 0 aliphatic carbocycles. The molecule has 0 radical (unpaired) electrons. The summed E-state index contributed by atoms with van der Waals surface area (Å²) in [4.78, 5) is 11.8. The molecule has 0 saturated carbocycles. The molecule has 4 heteroatoms. The first-order valence-corrected chi connectivity index (χ1v) is 7.49. The molecule has 4 nitrogen and oxygen atoms in total. The van der Waals surface area contributed by atoms with E-state index in [0.717, 1.165) is 11.1 Å².